The summed E-state index contributed by atoms with van der Waals surface area (Å²) in [6.45, 7) is 0.335. The average molecular weight is 322 g/mol. The molecule has 1 aliphatic rings. The Morgan fingerprint density at radius 3 is 2.17 bits per heavy atom. The molecule has 0 saturated heterocycles. The Balaban J connectivity index is 2.11. The minimum Gasteiger partial charge on any atom is -0.496 e. The standard InChI is InChI=1S/C17H26N2O4/c1-21-13-10-15(23-3)14(22-2)9-12(13)11-19-16(20)17(18)7-5-4-6-8-17/h9-10H,4-8,11,18H2,1-3H3,(H,19,20). The Hall–Kier alpha value is -1.95. The van der Waals surface area contributed by atoms with Gasteiger partial charge in [-0.2, -0.15) is 0 Å². The number of benzene rings is 1. The van der Waals surface area contributed by atoms with Crippen LogP contribution in [-0.4, -0.2) is 32.8 Å². The minimum absolute atomic E-state index is 0.103. The number of amides is 1. The number of rotatable bonds is 6. The third kappa shape index (κ3) is 3.88. The van der Waals surface area contributed by atoms with Crippen molar-refractivity contribution in [1.29, 1.82) is 0 Å². The monoisotopic (exact) mass is 322 g/mol. The van der Waals surface area contributed by atoms with Gasteiger partial charge >= 0.3 is 0 Å². The van der Waals surface area contributed by atoms with Crippen LogP contribution in [0.5, 0.6) is 17.2 Å². The lowest BCUT2D eigenvalue weighted by atomic mass is 9.82. The van der Waals surface area contributed by atoms with Crippen LogP contribution in [0.25, 0.3) is 0 Å². The molecule has 1 aromatic carbocycles. The first kappa shape index (κ1) is 17.4. The summed E-state index contributed by atoms with van der Waals surface area (Å²) < 4.78 is 15.9. The molecule has 1 aliphatic carbocycles. The molecule has 1 fully saturated rings. The third-order valence-corrected chi connectivity index (χ3v) is 4.42. The maximum Gasteiger partial charge on any atom is 0.240 e. The number of nitrogens with two attached hydrogens (primary N) is 1. The van der Waals surface area contributed by atoms with Gasteiger partial charge in [0.25, 0.3) is 0 Å². The van der Waals surface area contributed by atoms with E-state index < -0.39 is 5.54 Å². The summed E-state index contributed by atoms with van der Waals surface area (Å²) in [6, 6.07) is 3.56. The number of nitrogens with one attached hydrogen (secondary N) is 1. The molecule has 2 rings (SSSR count). The van der Waals surface area contributed by atoms with Gasteiger partial charge in [-0.3, -0.25) is 4.79 Å². The highest BCUT2D eigenvalue weighted by Gasteiger charge is 2.35. The van der Waals surface area contributed by atoms with Crippen molar-refractivity contribution in [3.8, 4) is 17.2 Å². The molecule has 0 radical (unpaired) electrons. The first-order chi connectivity index (χ1) is 11.0. The largest absolute Gasteiger partial charge is 0.496 e. The fourth-order valence-electron chi connectivity index (χ4n) is 2.99. The molecule has 0 heterocycles. The van der Waals surface area contributed by atoms with E-state index in [4.69, 9.17) is 19.9 Å². The Morgan fingerprint density at radius 2 is 1.61 bits per heavy atom. The van der Waals surface area contributed by atoms with E-state index in [-0.39, 0.29) is 5.91 Å². The van der Waals surface area contributed by atoms with Crippen LogP contribution in [0.1, 0.15) is 37.7 Å². The van der Waals surface area contributed by atoms with Crippen LogP contribution in [0.15, 0.2) is 12.1 Å². The average Bonchev–Trinajstić information content (AvgIpc) is 2.59. The molecular formula is C17H26N2O4. The molecule has 0 spiro atoms. The third-order valence-electron chi connectivity index (χ3n) is 4.42. The number of hydrogen-bond acceptors (Lipinski definition) is 5. The highest BCUT2D eigenvalue weighted by Crippen LogP contribution is 2.34. The van der Waals surface area contributed by atoms with E-state index in [0.29, 0.717) is 23.8 Å². The molecule has 3 N–H and O–H groups in total. The zero-order valence-corrected chi connectivity index (χ0v) is 14.1. The van der Waals surface area contributed by atoms with Crippen molar-refractivity contribution in [2.45, 2.75) is 44.2 Å². The molecule has 0 atom stereocenters. The number of hydrogen-bond donors (Lipinski definition) is 2. The molecule has 1 saturated carbocycles. The Kier molecular flexibility index (Phi) is 5.71. The summed E-state index contributed by atoms with van der Waals surface area (Å²) in [7, 11) is 4.72. The van der Waals surface area contributed by atoms with Crippen molar-refractivity contribution in [3.05, 3.63) is 17.7 Å². The maximum atomic E-state index is 12.4. The first-order valence-electron chi connectivity index (χ1n) is 7.90. The van der Waals surface area contributed by atoms with Crippen LogP contribution in [0.3, 0.4) is 0 Å². The molecule has 6 nitrogen and oxygen atoms in total. The molecule has 0 aromatic heterocycles. The van der Waals surface area contributed by atoms with Crippen LogP contribution in [0.4, 0.5) is 0 Å². The fourth-order valence-corrected chi connectivity index (χ4v) is 2.99. The molecule has 6 heteroatoms. The molecular weight excluding hydrogens is 296 g/mol. The van der Waals surface area contributed by atoms with Gasteiger partial charge in [-0.05, 0) is 18.9 Å². The van der Waals surface area contributed by atoms with Crippen molar-refractivity contribution in [3.63, 3.8) is 0 Å². The lowest BCUT2D eigenvalue weighted by molar-refractivity contribution is -0.127. The predicted molar refractivity (Wildman–Crippen MR) is 87.9 cm³/mol. The van der Waals surface area contributed by atoms with Crippen molar-refractivity contribution < 1.29 is 19.0 Å². The van der Waals surface area contributed by atoms with Gasteiger partial charge in [-0.25, -0.2) is 0 Å². The Morgan fingerprint density at radius 1 is 1.04 bits per heavy atom. The van der Waals surface area contributed by atoms with E-state index in [1.807, 2.05) is 6.07 Å². The van der Waals surface area contributed by atoms with Gasteiger partial charge in [0, 0.05) is 18.2 Å². The quantitative estimate of drug-likeness (QED) is 0.837. The van der Waals surface area contributed by atoms with E-state index in [2.05, 4.69) is 5.32 Å². The van der Waals surface area contributed by atoms with Gasteiger partial charge in [-0.1, -0.05) is 19.3 Å². The number of carbonyl (C=O) groups excluding carboxylic acids is 1. The lowest BCUT2D eigenvalue weighted by Gasteiger charge is -2.31. The maximum absolute atomic E-state index is 12.4. The summed E-state index contributed by atoms with van der Waals surface area (Å²) in [4.78, 5) is 12.4. The highest BCUT2D eigenvalue weighted by molar-refractivity contribution is 5.86. The molecule has 0 bridgehead atoms. The molecule has 0 unspecified atom stereocenters. The van der Waals surface area contributed by atoms with E-state index in [0.717, 1.165) is 37.7 Å². The van der Waals surface area contributed by atoms with Crippen molar-refractivity contribution >= 4 is 5.91 Å². The van der Waals surface area contributed by atoms with Gasteiger partial charge in [0.2, 0.25) is 5.91 Å². The van der Waals surface area contributed by atoms with Gasteiger partial charge in [0.15, 0.2) is 11.5 Å². The minimum atomic E-state index is -0.748. The molecule has 1 aromatic rings. The smallest absolute Gasteiger partial charge is 0.240 e. The lowest BCUT2D eigenvalue weighted by Crippen LogP contribution is -2.54. The fraction of sp³-hybridized carbons (Fsp3) is 0.588. The summed E-state index contributed by atoms with van der Waals surface area (Å²) in [5.74, 6) is 1.71. The molecule has 128 valence electrons. The van der Waals surface area contributed by atoms with E-state index in [9.17, 15) is 4.79 Å². The van der Waals surface area contributed by atoms with Crippen LogP contribution in [0, 0.1) is 0 Å². The first-order valence-corrected chi connectivity index (χ1v) is 7.90. The topological polar surface area (TPSA) is 82.8 Å². The van der Waals surface area contributed by atoms with E-state index in [1.54, 1.807) is 27.4 Å². The predicted octanol–water partition coefficient (Wildman–Crippen LogP) is 1.99. The SMILES string of the molecule is COc1cc(OC)c(OC)cc1CNC(=O)C1(N)CCCCC1. The number of carbonyl (C=O) groups is 1. The van der Waals surface area contributed by atoms with E-state index >= 15 is 0 Å². The summed E-state index contributed by atoms with van der Waals surface area (Å²) in [6.07, 6.45) is 4.63. The van der Waals surface area contributed by atoms with Crippen LogP contribution >= 0.6 is 0 Å². The molecule has 1 amide bonds. The second-order valence-corrected chi connectivity index (χ2v) is 5.92. The molecule has 0 aliphatic heterocycles. The van der Waals surface area contributed by atoms with Crippen LogP contribution in [0.2, 0.25) is 0 Å². The van der Waals surface area contributed by atoms with Gasteiger partial charge < -0.3 is 25.3 Å². The zero-order chi connectivity index (χ0) is 16.9. The number of ether oxygens (including phenoxy) is 3. The van der Waals surface area contributed by atoms with Crippen molar-refractivity contribution in [2.24, 2.45) is 5.73 Å². The number of methoxy groups -OCH3 is 3. The second kappa shape index (κ2) is 7.55. The Labute approximate surface area is 137 Å². The Bertz CT molecular complexity index is 554. The summed E-state index contributed by atoms with van der Waals surface area (Å²) >= 11 is 0. The van der Waals surface area contributed by atoms with Crippen LogP contribution < -0.4 is 25.3 Å². The van der Waals surface area contributed by atoms with Crippen molar-refractivity contribution in [2.75, 3.05) is 21.3 Å². The summed E-state index contributed by atoms with van der Waals surface area (Å²) in [5, 5.41) is 2.93. The van der Waals surface area contributed by atoms with Crippen molar-refractivity contribution in [1.82, 2.24) is 5.32 Å². The van der Waals surface area contributed by atoms with Crippen LogP contribution in [-0.2, 0) is 11.3 Å². The molecule has 23 heavy (non-hydrogen) atoms. The zero-order valence-electron chi connectivity index (χ0n) is 14.1. The normalized spacial score (nSPS) is 16.5. The van der Waals surface area contributed by atoms with Gasteiger partial charge in [-0.15, -0.1) is 0 Å². The van der Waals surface area contributed by atoms with Gasteiger partial charge in [0.05, 0.1) is 26.9 Å². The van der Waals surface area contributed by atoms with Gasteiger partial charge in [0.1, 0.15) is 5.75 Å². The second-order valence-electron chi connectivity index (χ2n) is 5.92. The summed E-state index contributed by atoms with van der Waals surface area (Å²) in [5.41, 5.74) is 6.32. The highest BCUT2D eigenvalue weighted by atomic mass is 16.5. The van der Waals surface area contributed by atoms with E-state index in [1.165, 1.54) is 0 Å².